The third-order valence-corrected chi connectivity index (χ3v) is 11.4. The summed E-state index contributed by atoms with van der Waals surface area (Å²) in [7, 11) is 1.68. The number of aromatic nitrogens is 1. The average Bonchev–Trinajstić information content (AvgIpc) is 3.40. The summed E-state index contributed by atoms with van der Waals surface area (Å²) >= 11 is 6.11. The summed E-state index contributed by atoms with van der Waals surface area (Å²) in [5.74, 6) is 1.62. The van der Waals surface area contributed by atoms with E-state index >= 15 is 0 Å². The van der Waals surface area contributed by atoms with E-state index < -0.39 is 0 Å². The smallest absolute Gasteiger partial charge is 0.271 e. The van der Waals surface area contributed by atoms with Crippen LogP contribution in [0.15, 0.2) is 118 Å². The lowest BCUT2D eigenvalue weighted by Crippen LogP contribution is -2.38. The number of aryl methyl sites for hydroxylation is 1. The fraction of sp³-hybridized carbons (Fsp3) is 0.128. The molecular formula is C39H28I2N2O3S. The van der Waals surface area contributed by atoms with E-state index in [1.165, 1.54) is 33.2 Å². The summed E-state index contributed by atoms with van der Waals surface area (Å²) in [6, 6.07) is 35.2. The number of benzene rings is 5. The Labute approximate surface area is 303 Å². The molecule has 0 radical (unpaired) electrons. The number of halogens is 2. The normalized spacial score (nSPS) is 15.6. The van der Waals surface area contributed by atoms with Crippen molar-refractivity contribution in [3.05, 3.63) is 163 Å². The van der Waals surface area contributed by atoms with Gasteiger partial charge < -0.3 is 9.47 Å². The first-order chi connectivity index (χ1) is 23.0. The van der Waals surface area contributed by atoms with E-state index in [1.54, 1.807) is 7.11 Å². The highest BCUT2D eigenvalue weighted by atomic mass is 127. The third-order valence-electron chi connectivity index (χ3n) is 8.85. The SMILES string of the molecule is COc1cccc([C@@H]2C3=C(N=c4s/c(=C\c5cc(I)c(OCc6cccc7ccccc67)c(I)c5)c(=O)n42)c2ccccc2CC3)c1. The summed E-state index contributed by atoms with van der Waals surface area (Å²) in [6.07, 6.45) is 3.75. The van der Waals surface area contributed by atoms with Crippen molar-refractivity contribution in [1.82, 2.24) is 4.57 Å². The van der Waals surface area contributed by atoms with Gasteiger partial charge in [0.25, 0.3) is 5.56 Å². The number of fused-ring (bicyclic) bond motifs is 4. The van der Waals surface area contributed by atoms with Gasteiger partial charge in [0.1, 0.15) is 18.1 Å². The van der Waals surface area contributed by atoms with E-state index in [4.69, 9.17) is 14.5 Å². The molecule has 1 aliphatic carbocycles. The molecule has 0 unspecified atom stereocenters. The first-order valence-electron chi connectivity index (χ1n) is 15.3. The molecule has 8 heteroatoms. The zero-order valence-electron chi connectivity index (χ0n) is 25.4. The highest BCUT2D eigenvalue weighted by molar-refractivity contribution is 14.1. The molecule has 6 aromatic rings. The van der Waals surface area contributed by atoms with E-state index in [2.05, 4.69) is 130 Å². The first kappa shape index (κ1) is 30.6. The van der Waals surface area contributed by atoms with Crippen LogP contribution in [0.2, 0.25) is 0 Å². The second-order valence-corrected chi connectivity index (χ2v) is 15.0. The van der Waals surface area contributed by atoms with Crippen molar-refractivity contribution in [1.29, 1.82) is 0 Å². The number of allylic oxidation sites excluding steroid dienone is 1. The van der Waals surface area contributed by atoms with Gasteiger partial charge in [0, 0.05) is 5.56 Å². The second kappa shape index (κ2) is 12.7. The zero-order valence-corrected chi connectivity index (χ0v) is 30.5. The van der Waals surface area contributed by atoms with Crippen molar-refractivity contribution in [2.45, 2.75) is 25.5 Å². The van der Waals surface area contributed by atoms with Crippen molar-refractivity contribution in [2.75, 3.05) is 7.11 Å². The third kappa shape index (κ3) is 5.63. The molecule has 0 bridgehead atoms. The predicted molar refractivity (Wildman–Crippen MR) is 206 cm³/mol. The summed E-state index contributed by atoms with van der Waals surface area (Å²) in [5.41, 5.74) is 7.71. The summed E-state index contributed by atoms with van der Waals surface area (Å²) < 4.78 is 16.5. The molecule has 232 valence electrons. The lowest BCUT2D eigenvalue weighted by molar-refractivity contribution is 0.303. The molecule has 0 spiro atoms. The molecule has 0 fully saturated rings. The van der Waals surface area contributed by atoms with Crippen LogP contribution in [0.3, 0.4) is 0 Å². The Hall–Kier alpha value is -3.74. The summed E-state index contributed by atoms with van der Waals surface area (Å²) in [6.45, 7) is 0.476. The standard InChI is InChI=1S/C39H28I2N2O3S/c1-45-28-13-7-11-26(21-28)36-31-17-16-25-9-3-5-15-30(25)35(31)42-39-43(36)38(44)34(47-39)20-23-18-32(40)37(33(41)19-23)46-22-27-12-6-10-24-8-2-4-14-29(24)27/h2-15,18-21,36H,16-17,22H2,1H3/b34-20-/t36-/m1/s1. The quantitative estimate of drug-likeness (QED) is 0.159. The second-order valence-electron chi connectivity index (χ2n) is 11.6. The zero-order chi connectivity index (χ0) is 32.1. The van der Waals surface area contributed by atoms with Crippen LogP contribution in [0.4, 0.5) is 0 Å². The van der Waals surface area contributed by atoms with Crippen LogP contribution in [-0.2, 0) is 13.0 Å². The van der Waals surface area contributed by atoms with Crippen LogP contribution in [0, 0.1) is 7.14 Å². The van der Waals surface area contributed by atoms with E-state index in [-0.39, 0.29) is 11.6 Å². The highest BCUT2D eigenvalue weighted by Crippen LogP contribution is 2.41. The number of hydrogen-bond acceptors (Lipinski definition) is 5. The minimum absolute atomic E-state index is 0.0340. The topological polar surface area (TPSA) is 52.8 Å². The van der Waals surface area contributed by atoms with Crippen LogP contribution < -0.4 is 24.4 Å². The molecule has 0 saturated heterocycles. The van der Waals surface area contributed by atoms with Gasteiger partial charge in [0.2, 0.25) is 0 Å². The number of methoxy groups -OCH3 is 1. The van der Waals surface area contributed by atoms with Crippen LogP contribution in [0.1, 0.15) is 40.3 Å². The first-order valence-corrected chi connectivity index (χ1v) is 18.3. The van der Waals surface area contributed by atoms with Gasteiger partial charge >= 0.3 is 0 Å². The Bertz CT molecular complexity index is 2400. The Morgan fingerprint density at radius 1 is 0.915 bits per heavy atom. The largest absolute Gasteiger partial charge is 0.497 e. The molecule has 8 rings (SSSR count). The van der Waals surface area contributed by atoms with E-state index in [1.807, 2.05) is 28.8 Å². The van der Waals surface area contributed by atoms with E-state index in [0.717, 1.165) is 59.4 Å². The number of ether oxygens (including phenoxy) is 2. The van der Waals surface area contributed by atoms with Crippen molar-refractivity contribution in [2.24, 2.45) is 4.99 Å². The van der Waals surface area contributed by atoms with Crippen molar-refractivity contribution < 1.29 is 9.47 Å². The number of rotatable bonds is 6. The maximum atomic E-state index is 14.3. The fourth-order valence-electron chi connectivity index (χ4n) is 6.65. The molecule has 1 aliphatic heterocycles. The minimum Gasteiger partial charge on any atom is -0.497 e. The minimum atomic E-state index is -0.253. The van der Waals surface area contributed by atoms with E-state index in [9.17, 15) is 4.79 Å². The lowest BCUT2D eigenvalue weighted by Gasteiger charge is -2.31. The van der Waals surface area contributed by atoms with Gasteiger partial charge in [-0.15, -0.1) is 0 Å². The van der Waals surface area contributed by atoms with Gasteiger partial charge in [-0.1, -0.05) is 90.2 Å². The molecule has 1 atom stereocenters. The van der Waals surface area contributed by atoms with Gasteiger partial charge in [0.05, 0.1) is 30.5 Å². The van der Waals surface area contributed by atoms with Crippen molar-refractivity contribution >= 4 is 79.1 Å². The Morgan fingerprint density at radius 2 is 1.68 bits per heavy atom. The molecule has 0 N–H and O–H groups in total. The van der Waals surface area contributed by atoms with Gasteiger partial charge in [-0.05, 0) is 127 Å². The molecule has 47 heavy (non-hydrogen) atoms. The van der Waals surface area contributed by atoms with E-state index in [0.29, 0.717) is 15.9 Å². The molecule has 0 saturated carbocycles. The number of nitrogens with zero attached hydrogens (tertiary/aromatic N) is 2. The Kier molecular flexibility index (Phi) is 8.27. The molecule has 2 heterocycles. The molecule has 1 aromatic heterocycles. The van der Waals surface area contributed by atoms with Gasteiger partial charge in [-0.2, -0.15) is 0 Å². The van der Waals surface area contributed by atoms with Gasteiger partial charge in [-0.3, -0.25) is 9.36 Å². The Balaban J connectivity index is 1.20. The van der Waals surface area contributed by atoms with Crippen molar-refractivity contribution in [3.63, 3.8) is 0 Å². The van der Waals surface area contributed by atoms with Crippen LogP contribution in [-0.4, -0.2) is 11.7 Å². The molecule has 0 amide bonds. The number of hydrogen-bond donors (Lipinski definition) is 0. The maximum Gasteiger partial charge on any atom is 0.271 e. The molecule has 2 aliphatic rings. The summed E-state index contributed by atoms with van der Waals surface area (Å²) in [4.78, 5) is 20.2. The van der Waals surface area contributed by atoms with Crippen LogP contribution >= 0.6 is 56.5 Å². The molecular weight excluding hydrogens is 830 g/mol. The van der Waals surface area contributed by atoms with Gasteiger partial charge in [-0.25, -0.2) is 4.99 Å². The van der Waals surface area contributed by atoms with Gasteiger partial charge in [0.15, 0.2) is 4.80 Å². The average molecular weight is 859 g/mol. The van der Waals surface area contributed by atoms with Crippen LogP contribution in [0.5, 0.6) is 11.5 Å². The summed E-state index contributed by atoms with van der Waals surface area (Å²) in [5, 5.41) is 2.40. The monoisotopic (exact) mass is 858 g/mol. The number of thiazole rings is 1. The molecule has 5 nitrogen and oxygen atoms in total. The fourth-order valence-corrected chi connectivity index (χ4v) is 9.78. The predicted octanol–water partition coefficient (Wildman–Crippen LogP) is 8.27. The van der Waals surface area contributed by atoms with Crippen LogP contribution in [0.25, 0.3) is 22.5 Å². The highest BCUT2D eigenvalue weighted by Gasteiger charge is 2.32. The maximum absolute atomic E-state index is 14.3. The Morgan fingerprint density at radius 3 is 2.53 bits per heavy atom. The molecule has 5 aromatic carbocycles. The lowest BCUT2D eigenvalue weighted by atomic mass is 9.83. The van der Waals surface area contributed by atoms with Crippen molar-refractivity contribution in [3.8, 4) is 11.5 Å².